The van der Waals surface area contributed by atoms with E-state index < -0.39 is 0 Å². The number of hydrogen-bond acceptors (Lipinski definition) is 3. The quantitative estimate of drug-likeness (QED) is 0.694. The third-order valence-electron chi connectivity index (χ3n) is 2.26. The molecule has 0 aliphatic rings. The number of hydrogen-bond donors (Lipinski definition) is 0. The summed E-state index contributed by atoms with van der Waals surface area (Å²) >= 11 is 0. The first-order valence-corrected chi connectivity index (χ1v) is 5.57. The number of Topliss-reactive ketones (excluding diaryl/α,β-unsaturated/α-hetero) is 1. The maximum atomic E-state index is 11.8. The molecule has 0 saturated carbocycles. The molecule has 0 amide bonds. The second kappa shape index (κ2) is 6.16. The van der Waals surface area contributed by atoms with Crippen molar-refractivity contribution in [2.45, 2.75) is 26.7 Å². The van der Waals surface area contributed by atoms with E-state index in [-0.39, 0.29) is 5.78 Å². The van der Waals surface area contributed by atoms with E-state index in [9.17, 15) is 4.79 Å². The molecule has 0 heterocycles. The molecule has 0 N–H and O–H groups in total. The van der Waals surface area contributed by atoms with Gasteiger partial charge >= 0.3 is 0 Å². The second-order valence-electron chi connectivity index (χ2n) is 3.47. The minimum absolute atomic E-state index is 0.0981. The zero-order valence-electron chi connectivity index (χ0n) is 10.1. The molecule has 3 nitrogen and oxygen atoms in total. The first-order chi connectivity index (χ1) is 7.72. The summed E-state index contributed by atoms with van der Waals surface area (Å²) < 4.78 is 10.5. The van der Waals surface area contributed by atoms with Gasteiger partial charge in [0.05, 0.1) is 19.3 Å². The summed E-state index contributed by atoms with van der Waals surface area (Å²) in [5.74, 6) is 1.42. The highest BCUT2D eigenvalue weighted by molar-refractivity contribution is 5.99. The molecule has 88 valence electrons. The molecule has 0 fully saturated rings. The third-order valence-corrected chi connectivity index (χ3v) is 2.26. The molecule has 1 aromatic rings. The number of carbonyl (C=O) groups excluding carboxylic acids is 1. The maximum absolute atomic E-state index is 11.8. The SMILES string of the molecule is CCCC(=O)c1cc(OCC)ccc1OC. The minimum atomic E-state index is 0.0981. The maximum Gasteiger partial charge on any atom is 0.166 e. The highest BCUT2D eigenvalue weighted by Gasteiger charge is 2.12. The van der Waals surface area contributed by atoms with Crippen molar-refractivity contribution >= 4 is 5.78 Å². The van der Waals surface area contributed by atoms with Gasteiger partial charge in [-0.3, -0.25) is 4.79 Å². The molecule has 0 saturated heterocycles. The number of ketones is 1. The molecule has 0 atom stereocenters. The largest absolute Gasteiger partial charge is 0.496 e. The summed E-state index contributed by atoms with van der Waals surface area (Å²) in [6, 6.07) is 5.33. The normalized spacial score (nSPS) is 9.94. The van der Waals surface area contributed by atoms with Crippen LogP contribution in [0.15, 0.2) is 18.2 Å². The molecule has 0 aromatic heterocycles. The number of benzene rings is 1. The van der Waals surface area contributed by atoms with Gasteiger partial charge < -0.3 is 9.47 Å². The monoisotopic (exact) mass is 222 g/mol. The van der Waals surface area contributed by atoms with Gasteiger partial charge in [-0.1, -0.05) is 6.92 Å². The van der Waals surface area contributed by atoms with Crippen molar-refractivity contribution in [1.29, 1.82) is 0 Å². The van der Waals surface area contributed by atoms with Crippen LogP contribution in [0.3, 0.4) is 0 Å². The van der Waals surface area contributed by atoms with Gasteiger partial charge in [0.2, 0.25) is 0 Å². The van der Waals surface area contributed by atoms with Gasteiger partial charge in [-0.05, 0) is 31.5 Å². The number of carbonyl (C=O) groups is 1. The Kier molecular flexibility index (Phi) is 4.83. The predicted molar refractivity (Wildman–Crippen MR) is 63.4 cm³/mol. The Labute approximate surface area is 96.4 Å². The fourth-order valence-electron chi connectivity index (χ4n) is 1.52. The molecule has 0 aliphatic carbocycles. The van der Waals surface area contributed by atoms with Crippen LogP contribution in [-0.4, -0.2) is 19.5 Å². The van der Waals surface area contributed by atoms with Crippen molar-refractivity contribution in [2.24, 2.45) is 0 Å². The van der Waals surface area contributed by atoms with Crippen molar-refractivity contribution in [1.82, 2.24) is 0 Å². The van der Waals surface area contributed by atoms with Crippen LogP contribution in [0.25, 0.3) is 0 Å². The van der Waals surface area contributed by atoms with Crippen molar-refractivity contribution in [2.75, 3.05) is 13.7 Å². The summed E-state index contributed by atoms with van der Waals surface area (Å²) in [6.45, 7) is 4.49. The van der Waals surface area contributed by atoms with Gasteiger partial charge in [0.15, 0.2) is 5.78 Å². The number of ether oxygens (including phenoxy) is 2. The second-order valence-corrected chi connectivity index (χ2v) is 3.47. The van der Waals surface area contributed by atoms with Crippen molar-refractivity contribution in [3.05, 3.63) is 23.8 Å². The summed E-state index contributed by atoms with van der Waals surface area (Å²) in [4.78, 5) is 11.8. The van der Waals surface area contributed by atoms with Gasteiger partial charge in [0, 0.05) is 6.42 Å². The summed E-state index contributed by atoms with van der Waals surface area (Å²) in [6.07, 6.45) is 1.37. The lowest BCUT2D eigenvalue weighted by Gasteiger charge is -2.10. The lowest BCUT2D eigenvalue weighted by molar-refractivity contribution is 0.0978. The molecule has 0 bridgehead atoms. The Morgan fingerprint density at radius 3 is 2.62 bits per heavy atom. The highest BCUT2D eigenvalue weighted by Crippen LogP contribution is 2.25. The van der Waals surface area contributed by atoms with Crippen molar-refractivity contribution < 1.29 is 14.3 Å². The Morgan fingerprint density at radius 1 is 1.31 bits per heavy atom. The van der Waals surface area contributed by atoms with Crippen LogP contribution in [-0.2, 0) is 0 Å². The van der Waals surface area contributed by atoms with E-state index in [1.165, 1.54) is 0 Å². The van der Waals surface area contributed by atoms with Crippen LogP contribution >= 0.6 is 0 Å². The first kappa shape index (κ1) is 12.6. The fraction of sp³-hybridized carbons (Fsp3) is 0.462. The van der Waals surface area contributed by atoms with E-state index in [0.29, 0.717) is 30.1 Å². The van der Waals surface area contributed by atoms with Crippen molar-refractivity contribution in [3.63, 3.8) is 0 Å². The van der Waals surface area contributed by atoms with Gasteiger partial charge in [-0.25, -0.2) is 0 Å². The minimum Gasteiger partial charge on any atom is -0.496 e. The van der Waals surface area contributed by atoms with E-state index in [1.54, 1.807) is 19.2 Å². The van der Waals surface area contributed by atoms with Crippen LogP contribution in [0.2, 0.25) is 0 Å². The van der Waals surface area contributed by atoms with E-state index in [2.05, 4.69) is 0 Å². The van der Waals surface area contributed by atoms with Gasteiger partial charge in [-0.15, -0.1) is 0 Å². The molecule has 16 heavy (non-hydrogen) atoms. The van der Waals surface area contributed by atoms with E-state index in [1.807, 2.05) is 19.9 Å². The molecule has 0 aliphatic heterocycles. The number of rotatable bonds is 6. The smallest absolute Gasteiger partial charge is 0.166 e. The zero-order chi connectivity index (χ0) is 12.0. The Morgan fingerprint density at radius 2 is 2.06 bits per heavy atom. The van der Waals surface area contributed by atoms with Crippen molar-refractivity contribution in [3.8, 4) is 11.5 Å². The molecule has 1 rings (SSSR count). The Hall–Kier alpha value is -1.51. The third kappa shape index (κ3) is 2.99. The zero-order valence-corrected chi connectivity index (χ0v) is 10.1. The van der Waals surface area contributed by atoms with Crippen LogP contribution in [0.4, 0.5) is 0 Å². The van der Waals surface area contributed by atoms with Gasteiger partial charge in [0.1, 0.15) is 11.5 Å². The summed E-state index contributed by atoms with van der Waals surface area (Å²) in [7, 11) is 1.57. The average Bonchev–Trinajstić information content (AvgIpc) is 2.30. The van der Waals surface area contributed by atoms with Gasteiger partial charge in [-0.2, -0.15) is 0 Å². The summed E-state index contributed by atoms with van der Waals surface area (Å²) in [5.41, 5.74) is 0.607. The predicted octanol–water partition coefficient (Wildman–Crippen LogP) is 3.08. The molecule has 1 aromatic carbocycles. The van der Waals surface area contributed by atoms with Crippen LogP contribution in [0.5, 0.6) is 11.5 Å². The Bertz CT molecular complexity index is 358. The van der Waals surface area contributed by atoms with E-state index >= 15 is 0 Å². The Balaban J connectivity index is 3.01. The lowest BCUT2D eigenvalue weighted by Crippen LogP contribution is -2.03. The van der Waals surface area contributed by atoms with Crippen LogP contribution < -0.4 is 9.47 Å². The van der Waals surface area contributed by atoms with E-state index in [0.717, 1.165) is 6.42 Å². The first-order valence-electron chi connectivity index (χ1n) is 5.57. The van der Waals surface area contributed by atoms with Crippen LogP contribution in [0, 0.1) is 0 Å². The molecular weight excluding hydrogens is 204 g/mol. The molecule has 0 unspecified atom stereocenters. The number of methoxy groups -OCH3 is 1. The molecule has 0 radical (unpaired) electrons. The molecule has 0 spiro atoms. The fourth-order valence-corrected chi connectivity index (χ4v) is 1.52. The standard InChI is InChI=1S/C13H18O3/c1-4-6-12(14)11-9-10(16-5-2)7-8-13(11)15-3/h7-9H,4-6H2,1-3H3. The topological polar surface area (TPSA) is 35.5 Å². The van der Waals surface area contributed by atoms with E-state index in [4.69, 9.17) is 9.47 Å². The van der Waals surface area contributed by atoms with Crippen LogP contribution in [0.1, 0.15) is 37.0 Å². The molecular formula is C13H18O3. The molecule has 3 heteroatoms. The lowest BCUT2D eigenvalue weighted by atomic mass is 10.1. The van der Waals surface area contributed by atoms with Gasteiger partial charge in [0.25, 0.3) is 0 Å². The average molecular weight is 222 g/mol. The summed E-state index contributed by atoms with van der Waals surface area (Å²) in [5, 5.41) is 0. The highest BCUT2D eigenvalue weighted by atomic mass is 16.5.